The molecule has 0 aliphatic heterocycles. The van der Waals surface area contributed by atoms with Crippen molar-refractivity contribution in [1.82, 2.24) is 4.90 Å². The summed E-state index contributed by atoms with van der Waals surface area (Å²) in [6, 6.07) is 10.0. The number of aliphatic carboxylic acids is 1. The van der Waals surface area contributed by atoms with E-state index in [1.807, 2.05) is 30.3 Å². The van der Waals surface area contributed by atoms with Crippen molar-refractivity contribution < 1.29 is 14.7 Å². The molecule has 4 heteroatoms. The fraction of sp³-hybridized carbons (Fsp3) is 0.733. The van der Waals surface area contributed by atoms with E-state index >= 15 is 0 Å². The van der Waals surface area contributed by atoms with E-state index in [-0.39, 0.29) is 5.92 Å². The number of unbranched alkanes of at least 4 members (excludes halogenated alkanes) is 15. The monoisotopic (exact) mass is 475 g/mol. The Kier molecular flexibility index (Phi) is 23.0. The van der Waals surface area contributed by atoms with Gasteiger partial charge in [-0.25, -0.2) is 0 Å². The molecule has 1 aromatic carbocycles. The Balaban J connectivity index is 0.00000196. The molecule has 0 saturated carbocycles. The van der Waals surface area contributed by atoms with Crippen LogP contribution in [-0.2, 0) is 16.0 Å². The van der Waals surface area contributed by atoms with Crippen molar-refractivity contribution in [1.29, 1.82) is 0 Å². The lowest BCUT2D eigenvalue weighted by Gasteiger charge is -2.12. The van der Waals surface area contributed by atoms with Gasteiger partial charge in [0.05, 0.1) is 5.92 Å². The minimum Gasteiger partial charge on any atom is -0.481 e. The zero-order chi connectivity index (χ0) is 25.3. The van der Waals surface area contributed by atoms with E-state index in [0.717, 1.165) is 24.8 Å². The summed E-state index contributed by atoms with van der Waals surface area (Å²) in [6.07, 6.45) is 23.9. The number of carbonyl (C=O) groups excluding carboxylic acids is 1. The van der Waals surface area contributed by atoms with E-state index in [4.69, 9.17) is 0 Å². The Morgan fingerprint density at radius 2 is 1.15 bits per heavy atom. The van der Waals surface area contributed by atoms with Gasteiger partial charge < -0.3 is 10.0 Å². The Hall–Kier alpha value is -1.84. The molecular weight excluding hydrogens is 422 g/mol. The van der Waals surface area contributed by atoms with Crippen molar-refractivity contribution in [2.24, 2.45) is 5.92 Å². The van der Waals surface area contributed by atoms with Crippen LogP contribution >= 0.6 is 0 Å². The number of carboxylic acids is 1. The maximum Gasteiger partial charge on any atom is 0.306 e. The molecular formula is C30H53NO3. The van der Waals surface area contributed by atoms with Gasteiger partial charge in [0.1, 0.15) is 0 Å². The molecule has 0 aromatic heterocycles. The third-order valence-corrected chi connectivity index (χ3v) is 6.29. The first-order valence-corrected chi connectivity index (χ1v) is 13.9. The van der Waals surface area contributed by atoms with Gasteiger partial charge in [0, 0.05) is 14.1 Å². The Bertz CT molecular complexity index is 574. The molecule has 0 heterocycles. The summed E-state index contributed by atoms with van der Waals surface area (Å²) in [5, 5.41) is 9.46. The summed E-state index contributed by atoms with van der Waals surface area (Å²) in [5.74, 6) is -0.876. The predicted octanol–water partition coefficient (Wildman–Crippen LogP) is 8.29. The molecule has 1 N–H and O–H groups in total. The number of carboxylic acid groups (broad SMARTS) is 1. The number of amides is 1. The van der Waals surface area contributed by atoms with Crippen molar-refractivity contribution in [2.45, 2.75) is 122 Å². The highest BCUT2D eigenvalue weighted by atomic mass is 16.4. The van der Waals surface area contributed by atoms with Crippen LogP contribution in [0.1, 0.15) is 122 Å². The second kappa shape index (κ2) is 24.3. The standard InChI is InChI=1S/C27H46O2.C3H7NO/c1-2-3-4-5-6-7-8-9-10-11-12-13-14-15-16-20-23-26(27(28)29)24-25-21-18-17-19-22-25;1-4(2)3-5/h17-19,21-22,26H,2-16,20,23-24H2,1H3,(H,28,29);3H,1-2H3. The van der Waals surface area contributed by atoms with Crippen LogP contribution in [0.2, 0.25) is 0 Å². The van der Waals surface area contributed by atoms with E-state index in [9.17, 15) is 14.7 Å². The first-order chi connectivity index (χ1) is 16.5. The molecule has 0 radical (unpaired) electrons. The maximum absolute atomic E-state index is 11.5. The fourth-order valence-electron chi connectivity index (χ4n) is 4.15. The van der Waals surface area contributed by atoms with Gasteiger partial charge in [-0.3, -0.25) is 9.59 Å². The van der Waals surface area contributed by atoms with Gasteiger partial charge in [0.25, 0.3) is 0 Å². The second-order valence-corrected chi connectivity index (χ2v) is 9.89. The number of benzene rings is 1. The van der Waals surface area contributed by atoms with Gasteiger partial charge in [-0.2, -0.15) is 0 Å². The molecule has 1 unspecified atom stereocenters. The average molecular weight is 476 g/mol. The average Bonchev–Trinajstić information content (AvgIpc) is 2.83. The zero-order valence-electron chi connectivity index (χ0n) is 22.5. The van der Waals surface area contributed by atoms with Crippen LogP contribution < -0.4 is 0 Å². The minimum absolute atomic E-state index is 0.232. The number of hydrogen-bond acceptors (Lipinski definition) is 2. The molecule has 0 aliphatic carbocycles. The smallest absolute Gasteiger partial charge is 0.306 e. The van der Waals surface area contributed by atoms with Crippen LogP contribution in [0, 0.1) is 5.92 Å². The normalized spacial score (nSPS) is 11.4. The highest BCUT2D eigenvalue weighted by molar-refractivity contribution is 5.70. The van der Waals surface area contributed by atoms with Crippen molar-refractivity contribution in [3.63, 3.8) is 0 Å². The Labute approximate surface area is 210 Å². The van der Waals surface area contributed by atoms with E-state index < -0.39 is 5.97 Å². The van der Waals surface area contributed by atoms with Crippen molar-refractivity contribution in [3.8, 4) is 0 Å². The van der Waals surface area contributed by atoms with Gasteiger partial charge >= 0.3 is 5.97 Å². The summed E-state index contributed by atoms with van der Waals surface area (Å²) >= 11 is 0. The SMILES string of the molecule is CCCCCCCCCCCCCCCCCCC(Cc1ccccc1)C(=O)O.CN(C)C=O. The molecule has 1 rings (SSSR count). The minimum atomic E-state index is -0.644. The van der Waals surface area contributed by atoms with Crippen LogP contribution in [0.5, 0.6) is 0 Å². The van der Waals surface area contributed by atoms with Crippen molar-refractivity contribution in [2.75, 3.05) is 14.1 Å². The van der Waals surface area contributed by atoms with E-state index in [1.165, 1.54) is 101 Å². The zero-order valence-corrected chi connectivity index (χ0v) is 22.5. The molecule has 1 amide bonds. The molecule has 1 aromatic rings. The van der Waals surface area contributed by atoms with Crippen LogP contribution in [0.3, 0.4) is 0 Å². The summed E-state index contributed by atoms with van der Waals surface area (Å²) in [7, 11) is 3.38. The maximum atomic E-state index is 11.5. The number of nitrogens with zero attached hydrogens (tertiary/aromatic N) is 1. The lowest BCUT2D eigenvalue weighted by atomic mass is 9.93. The molecule has 196 valence electrons. The first-order valence-electron chi connectivity index (χ1n) is 13.9. The number of hydrogen-bond donors (Lipinski definition) is 1. The Morgan fingerprint density at radius 1 is 0.765 bits per heavy atom. The molecule has 1 atom stereocenters. The molecule has 0 saturated heterocycles. The van der Waals surface area contributed by atoms with Gasteiger partial charge in [0.2, 0.25) is 6.41 Å². The quantitative estimate of drug-likeness (QED) is 0.144. The highest BCUT2D eigenvalue weighted by Crippen LogP contribution is 2.18. The topological polar surface area (TPSA) is 57.6 Å². The molecule has 0 bridgehead atoms. The van der Waals surface area contributed by atoms with Crippen molar-refractivity contribution >= 4 is 12.4 Å². The molecule has 34 heavy (non-hydrogen) atoms. The fourth-order valence-corrected chi connectivity index (χ4v) is 4.15. The van der Waals surface area contributed by atoms with E-state index in [2.05, 4.69) is 6.92 Å². The molecule has 0 fully saturated rings. The largest absolute Gasteiger partial charge is 0.481 e. The molecule has 4 nitrogen and oxygen atoms in total. The predicted molar refractivity (Wildman–Crippen MR) is 145 cm³/mol. The highest BCUT2D eigenvalue weighted by Gasteiger charge is 2.17. The van der Waals surface area contributed by atoms with Crippen LogP contribution in [-0.4, -0.2) is 36.5 Å². The molecule has 0 spiro atoms. The lowest BCUT2D eigenvalue weighted by molar-refractivity contribution is -0.142. The molecule has 0 aliphatic rings. The second-order valence-electron chi connectivity index (χ2n) is 9.89. The summed E-state index contributed by atoms with van der Waals surface area (Å²) in [6.45, 7) is 2.28. The van der Waals surface area contributed by atoms with Crippen LogP contribution in [0.15, 0.2) is 30.3 Å². The van der Waals surface area contributed by atoms with Crippen LogP contribution in [0.4, 0.5) is 0 Å². The van der Waals surface area contributed by atoms with Gasteiger partial charge in [-0.1, -0.05) is 140 Å². The van der Waals surface area contributed by atoms with Crippen molar-refractivity contribution in [3.05, 3.63) is 35.9 Å². The lowest BCUT2D eigenvalue weighted by Crippen LogP contribution is -2.16. The summed E-state index contributed by atoms with van der Waals surface area (Å²) in [5.41, 5.74) is 1.14. The van der Waals surface area contributed by atoms with Gasteiger partial charge in [-0.05, 0) is 18.4 Å². The number of carbonyl (C=O) groups is 2. The Morgan fingerprint density at radius 3 is 1.50 bits per heavy atom. The van der Waals surface area contributed by atoms with E-state index in [0.29, 0.717) is 6.42 Å². The number of rotatable bonds is 21. The summed E-state index contributed by atoms with van der Waals surface area (Å²) < 4.78 is 0. The van der Waals surface area contributed by atoms with Gasteiger partial charge in [-0.15, -0.1) is 0 Å². The van der Waals surface area contributed by atoms with Gasteiger partial charge in [0.15, 0.2) is 0 Å². The third-order valence-electron chi connectivity index (χ3n) is 6.29. The van der Waals surface area contributed by atoms with E-state index in [1.54, 1.807) is 14.1 Å². The first kappa shape index (κ1) is 32.2. The summed E-state index contributed by atoms with van der Waals surface area (Å²) in [4.78, 5) is 22.4. The third kappa shape index (κ3) is 22.0. The van der Waals surface area contributed by atoms with Crippen LogP contribution in [0.25, 0.3) is 0 Å².